The first-order chi connectivity index (χ1) is 25.9. The second-order valence-corrected chi connectivity index (χ2v) is 14.7. The Labute approximate surface area is 309 Å². The van der Waals surface area contributed by atoms with Gasteiger partial charge >= 0.3 is 0 Å². The standard InChI is InChI=1S/C48H39N5/c1-5-16-34-30(2)52(42-28-27-38-37-22-13-15-24-41(37)53(44(38)43(34)42)33-19-10-7-11-20-33)47-50-45(31-17-8-6-9-18-31)49-46(51-47)32-25-26-36-35-21-12-14-23-39(35)48(3,4)40(36)29-32/h5-12,14-21,23-29H,13,22H2,1-4H3/b16-5-. The third-order valence-corrected chi connectivity index (χ3v) is 11.4. The molecule has 3 aromatic heterocycles. The van der Waals surface area contributed by atoms with E-state index in [2.05, 4.69) is 158 Å². The Balaban J connectivity index is 1.26. The molecular formula is C48H39N5. The molecule has 10 rings (SSSR count). The molecule has 0 radical (unpaired) electrons. The van der Waals surface area contributed by atoms with Gasteiger partial charge in [0.05, 0.1) is 11.0 Å². The van der Waals surface area contributed by atoms with Crippen molar-refractivity contribution in [3.05, 3.63) is 161 Å². The Kier molecular flexibility index (Phi) is 7.03. The van der Waals surface area contributed by atoms with Crippen molar-refractivity contribution in [1.82, 2.24) is 24.1 Å². The van der Waals surface area contributed by atoms with Gasteiger partial charge in [-0.3, -0.25) is 4.57 Å². The summed E-state index contributed by atoms with van der Waals surface area (Å²) in [6.45, 7) is 8.91. The molecule has 0 fully saturated rings. The van der Waals surface area contributed by atoms with E-state index in [-0.39, 0.29) is 5.41 Å². The Morgan fingerprint density at radius 3 is 2.21 bits per heavy atom. The molecule has 256 valence electrons. The number of aromatic nitrogens is 5. The highest BCUT2D eigenvalue weighted by Crippen LogP contribution is 2.49. The van der Waals surface area contributed by atoms with Crippen LogP contribution in [0.4, 0.5) is 0 Å². The smallest absolute Gasteiger partial charge is 0.238 e. The lowest BCUT2D eigenvalue weighted by Crippen LogP contribution is -2.15. The lowest BCUT2D eigenvalue weighted by molar-refractivity contribution is 0.660. The highest BCUT2D eigenvalue weighted by molar-refractivity contribution is 6.13. The molecule has 5 heteroatoms. The molecular weight excluding hydrogens is 647 g/mol. The van der Waals surface area contributed by atoms with Crippen LogP contribution in [-0.2, 0) is 11.8 Å². The molecule has 0 bridgehead atoms. The summed E-state index contributed by atoms with van der Waals surface area (Å²) >= 11 is 0. The number of aryl methyl sites for hydroxylation is 1. The first-order valence-corrected chi connectivity index (χ1v) is 18.6. The molecule has 5 aromatic carbocycles. The molecule has 0 unspecified atom stereocenters. The third kappa shape index (κ3) is 4.66. The van der Waals surface area contributed by atoms with Gasteiger partial charge in [-0.25, -0.2) is 4.98 Å². The van der Waals surface area contributed by atoms with E-state index in [1.807, 2.05) is 18.2 Å². The molecule has 0 amide bonds. The predicted octanol–water partition coefficient (Wildman–Crippen LogP) is 11.7. The van der Waals surface area contributed by atoms with Crippen molar-refractivity contribution in [2.24, 2.45) is 0 Å². The first-order valence-electron chi connectivity index (χ1n) is 18.6. The molecule has 0 N–H and O–H groups in total. The van der Waals surface area contributed by atoms with E-state index in [0.717, 1.165) is 40.9 Å². The van der Waals surface area contributed by atoms with Crippen LogP contribution in [0.5, 0.6) is 0 Å². The second-order valence-electron chi connectivity index (χ2n) is 14.7. The molecule has 0 spiro atoms. The number of allylic oxidation sites excluding steroid dienone is 2. The maximum absolute atomic E-state index is 5.33. The highest BCUT2D eigenvalue weighted by atomic mass is 15.2. The van der Waals surface area contributed by atoms with Crippen LogP contribution >= 0.6 is 0 Å². The summed E-state index contributed by atoms with van der Waals surface area (Å²) in [4.78, 5) is 15.7. The van der Waals surface area contributed by atoms with Gasteiger partial charge < -0.3 is 4.57 Å². The number of hydrogen-bond acceptors (Lipinski definition) is 3. The van der Waals surface area contributed by atoms with Crippen LogP contribution in [0.25, 0.3) is 79.5 Å². The number of para-hydroxylation sites is 1. The minimum absolute atomic E-state index is 0.137. The Morgan fingerprint density at radius 1 is 0.698 bits per heavy atom. The topological polar surface area (TPSA) is 48.5 Å². The molecule has 2 aliphatic carbocycles. The van der Waals surface area contributed by atoms with Gasteiger partial charge in [0.15, 0.2) is 11.6 Å². The Hall–Kier alpha value is -6.33. The zero-order valence-corrected chi connectivity index (χ0v) is 30.4. The van der Waals surface area contributed by atoms with Gasteiger partial charge in [0.2, 0.25) is 5.95 Å². The number of fused-ring (bicyclic) bond motifs is 8. The Bertz CT molecular complexity index is 2810. The van der Waals surface area contributed by atoms with Crippen LogP contribution in [0.15, 0.2) is 127 Å². The van der Waals surface area contributed by atoms with Crippen molar-refractivity contribution in [2.45, 2.75) is 46.0 Å². The largest absolute Gasteiger partial charge is 0.309 e. The van der Waals surface area contributed by atoms with Gasteiger partial charge in [0.1, 0.15) is 0 Å². The van der Waals surface area contributed by atoms with Crippen LogP contribution in [0.3, 0.4) is 0 Å². The fourth-order valence-corrected chi connectivity index (χ4v) is 8.87. The quantitative estimate of drug-likeness (QED) is 0.181. The highest BCUT2D eigenvalue weighted by Gasteiger charge is 2.35. The molecule has 0 atom stereocenters. The summed E-state index contributed by atoms with van der Waals surface area (Å²) in [7, 11) is 0. The predicted molar refractivity (Wildman–Crippen MR) is 219 cm³/mol. The number of nitrogens with zero attached hydrogens (tertiary/aromatic N) is 5. The molecule has 0 saturated carbocycles. The van der Waals surface area contributed by atoms with Crippen molar-refractivity contribution in [3.63, 3.8) is 0 Å². The average Bonchev–Trinajstić information content (AvgIpc) is 3.77. The number of rotatable bonds is 5. The minimum Gasteiger partial charge on any atom is -0.309 e. The lowest BCUT2D eigenvalue weighted by Gasteiger charge is -2.21. The monoisotopic (exact) mass is 685 g/mol. The lowest BCUT2D eigenvalue weighted by atomic mass is 9.82. The second kappa shape index (κ2) is 11.9. The van der Waals surface area contributed by atoms with Crippen LogP contribution < -0.4 is 0 Å². The van der Waals surface area contributed by atoms with Gasteiger partial charge in [-0.15, -0.1) is 0 Å². The van der Waals surface area contributed by atoms with Crippen LogP contribution in [0, 0.1) is 6.92 Å². The molecule has 53 heavy (non-hydrogen) atoms. The molecule has 0 aliphatic heterocycles. The summed E-state index contributed by atoms with van der Waals surface area (Å²) in [5.74, 6) is 1.92. The first kappa shape index (κ1) is 31.4. The summed E-state index contributed by atoms with van der Waals surface area (Å²) < 4.78 is 4.70. The summed E-state index contributed by atoms with van der Waals surface area (Å²) in [6.07, 6.45) is 11.0. The van der Waals surface area contributed by atoms with Crippen molar-refractivity contribution < 1.29 is 0 Å². The van der Waals surface area contributed by atoms with E-state index < -0.39 is 0 Å². The molecule has 8 aromatic rings. The number of benzene rings is 5. The van der Waals surface area contributed by atoms with Gasteiger partial charge in [0, 0.05) is 50.0 Å². The van der Waals surface area contributed by atoms with E-state index in [0.29, 0.717) is 17.6 Å². The van der Waals surface area contributed by atoms with Crippen LogP contribution in [0.1, 0.15) is 60.8 Å². The van der Waals surface area contributed by atoms with E-state index in [4.69, 9.17) is 15.0 Å². The summed E-state index contributed by atoms with van der Waals surface area (Å²) in [5, 5.41) is 2.50. The van der Waals surface area contributed by atoms with Crippen molar-refractivity contribution in [3.8, 4) is 45.5 Å². The van der Waals surface area contributed by atoms with E-state index >= 15 is 0 Å². The van der Waals surface area contributed by atoms with Crippen molar-refractivity contribution in [2.75, 3.05) is 0 Å². The van der Waals surface area contributed by atoms with E-state index in [9.17, 15) is 0 Å². The maximum Gasteiger partial charge on any atom is 0.238 e. The fraction of sp³-hybridized carbons (Fsp3) is 0.146. The molecule has 0 saturated heterocycles. The van der Waals surface area contributed by atoms with Gasteiger partial charge in [-0.2, -0.15) is 9.97 Å². The summed E-state index contributed by atoms with van der Waals surface area (Å²) in [5.41, 5.74) is 15.4. The zero-order valence-electron chi connectivity index (χ0n) is 30.4. The molecule has 2 aliphatic rings. The minimum atomic E-state index is -0.137. The normalized spacial score (nSPS) is 14.3. The molecule has 5 nitrogen and oxygen atoms in total. The fourth-order valence-electron chi connectivity index (χ4n) is 8.87. The van der Waals surface area contributed by atoms with Gasteiger partial charge in [-0.05, 0) is 84.8 Å². The Morgan fingerprint density at radius 2 is 1.42 bits per heavy atom. The summed E-state index contributed by atoms with van der Waals surface area (Å²) in [6, 6.07) is 41.1. The van der Waals surface area contributed by atoms with Crippen LogP contribution in [-0.4, -0.2) is 24.1 Å². The van der Waals surface area contributed by atoms with Crippen molar-refractivity contribution in [1.29, 1.82) is 0 Å². The molecule has 3 heterocycles. The maximum atomic E-state index is 5.33. The van der Waals surface area contributed by atoms with E-state index in [1.165, 1.54) is 55.4 Å². The van der Waals surface area contributed by atoms with E-state index in [1.54, 1.807) is 0 Å². The zero-order chi connectivity index (χ0) is 35.8. The van der Waals surface area contributed by atoms with Gasteiger partial charge in [-0.1, -0.05) is 123 Å². The van der Waals surface area contributed by atoms with Crippen LogP contribution in [0.2, 0.25) is 0 Å². The third-order valence-electron chi connectivity index (χ3n) is 11.4. The average molecular weight is 686 g/mol. The SMILES string of the molecule is C/C=C\c1c(C)n(-c2nc(-c3ccccc3)nc(-c3ccc4c(c3)C(C)(C)c3ccccc3-4)n2)c2ccc3c4c(n(-c5ccccc5)c3c12)C=CCC4. The van der Waals surface area contributed by atoms with Crippen molar-refractivity contribution >= 4 is 34.0 Å². The van der Waals surface area contributed by atoms with Gasteiger partial charge in [0.25, 0.3) is 0 Å². The number of hydrogen-bond donors (Lipinski definition) is 0.